The summed E-state index contributed by atoms with van der Waals surface area (Å²) in [5, 5.41) is 13.4. The number of hydrogen-bond donors (Lipinski definition) is 4. The zero-order chi connectivity index (χ0) is 17.2. The number of phosphoric ester groups is 1. The molecule has 4 N–H and O–H groups in total. The van der Waals surface area contributed by atoms with E-state index in [4.69, 9.17) is 14.5 Å². The minimum absolute atomic E-state index is 0.0197. The number of hydrogen-bond acceptors (Lipinski definition) is 6. The normalized spacial score (nSPS) is 25.8. The van der Waals surface area contributed by atoms with Crippen LogP contribution in [0.5, 0.6) is 0 Å². The van der Waals surface area contributed by atoms with Gasteiger partial charge in [-0.05, 0) is 43.4 Å². The lowest BCUT2D eigenvalue weighted by atomic mass is 10.0. The van der Waals surface area contributed by atoms with Crippen LogP contribution in [-0.2, 0) is 26.7 Å². The zero-order valence-electron chi connectivity index (χ0n) is 13.1. The van der Waals surface area contributed by atoms with Gasteiger partial charge >= 0.3 is 13.9 Å². The van der Waals surface area contributed by atoms with Crippen molar-refractivity contribution in [1.29, 1.82) is 0 Å². The highest BCUT2D eigenvalue weighted by molar-refractivity contribution is 7.46. The quantitative estimate of drug-likeness (QED) is 0.421. The van der Waals surface area contributed by atoms with E-state index in [2.05, 4.69) is 25.3 Å². The summed E-state index contributed by atoms with van der Waals surface area (Å²) in [7, 11) is -4.50. The Balaban J connectivity index is 1.34. The topological polar surface area (TPSA) is 147 Å². The molecule has 0 spiro atoms. The second-order valence-corrected chi connectivity index (χ2v) is 7.37. The van der Waals surface area contributed by atoms with Crippen LogP contribution in [0.3, 0.4) is 0 Å². The molecule has 11 heteroatoms. The van der Waals surface area contributed by atoms with Gasteiger partial charge in [0.25, 0.3) is 0 Å². The Morgan fingerprint density at radius 1 is 1.25 bits per heavy atom. The third-order valence-electron chi connectivity index (χ3n) is 4.68. The van der Waals surface area contributed by atoms with Crippen molar-refractivity contribution < 1.29 is 28.4 Å². The lowest BCUT2D eigenvalue weighted by Gasteiger charge is -2.08. The van der Waals surface area contributed by atoms with Crippen molar-refractivity contribution in [3.8, 4) is 0 Å². The summed E-state index contributed by atoms with van der Waals surface area (Å²) < 4.78 is 19.9. The number of fused-ring (bicyclic) bond motifs is 2. The first kappa shape index (κ1) is 17.3. The maximum atomic E-state index is 11.6. The number of nitrogens with zero attached hydrogens (tertiary/aromatic N) is 2. The molecule has 1 fully saturated rings. The van der Waals surface area contributed by atoms with E-state index in [1.165, 1.54) is 0 Å². The summed E-state index contributed by atoms with van der Waals surface area (Å²) in [6, 6.07) is 0. The highest BCUT2D eigenvalue weighted by atomic mass is 31.2. The molecule has 10 nitrogen and oxygen atoms in total. The molecule has 0 saturated heterocycles. The molecule has 0 bridgehead atoms. The first-order valence-electron chi connectivity index (χ1n) is 7.93. The summed E-state index contributed by atoms with van der Waals surface area (Å²) >= 11 is 0. The van der Waals surface area contributed by atoms with E-state index < -0.39 is 13.9 Å². The monoisotopic (exact) mass is 360 g/mol. The van der Waals surface area contributed by atoms with Gasteiger partial charge in [0, 0.05) is 6.54 Å². The van der Waals surface area contributed by atoms with Gasteiger partial charge in [0.15, 0.2) is 0 Å². The van der Waals surface area contributed by atoms with Crippen LogP contribution < -0.4 is 5.32 Å². The fourth-order valence-electron chi connectivity index (χ4n) is 3.45. The maximum Gasteiger partial charge on any atom is 0.469 e. The van der Waals surface area contributed by atoms with Crippen molar-refractivity contribution in [2.75, 3.05) is 19.8 Å². The molecule has 1 aromatic heterocycles. The number of carbonyl (C=O) groups is 1. The molecule has 1 aromatic rings. The van der Waals surface area contributed by atoms with E-state index in [0.717, 1.165) is 37.1 Å². The number of aromatic amines is 1. The Morgan fingerprint density at radius 3 is 2.46 bits per heavy atom. The van der Waals surface area contributed by atoms with E-state index in [1.54, 1.807) is 0 Å². The minimum Gasteiger partial charge on any atom is -0.449 e. The highest BCUT2D eigenvalue weighted by Crippen LogP contribution is 2.52. The van der Waals surface area contributed by atoms with E-state index in [9.17, 15) is 9.36 Å². The van der Waals surface area contributed by atoms with Gasteiger partial charge in [0.1, 0.15) is 0 Å². The molecule has 1 heterocycles. The van der Waals surface area contributed by atoms with Crippen LogP contribution >= 0.6 is 7.82 Å². The minimum atomic E-state index is -4.50. The van der Waals surface area contributed by atoms with Crippen molar-refractivity contribution in [2.24, 2.45) is 17.8 Å². The van der Waals surface area contributed by atoms with Crippen molar-refractivity contribution in [2.45, 2.75) is 25.7 Å². The predicted molar refractivity (Wildman–Crippen MR) is 80.8 cm³/mol. The molecule has 1 amide bonds. The molecule has 134 valence electrons. The number of carbonyl (C=O) groups excluding carboxylic acids is 1. The van der Waals surface area contributed by atoms with Gasteiger partial charge in [-0.2, -0.15) is 15.4 Å². The molecule has 0 aromatic carbocycles. The second kappa shape index (κ2) is 7.18. The number of rotatable bonds is 6. The molecule has 2 aliphatic rings. The average molecular weight is 360 g/mol. The largest absolute Gasteiger partial charge is 0.469 e. The third kappa shape index (κ3) is 4.54. The number of nitrogens with one attached hydrogen (secondary N) is 2. The Kier molecular flexibility index (Phi) is 5.19. The summed E-state index contributed by atoms with van der Waals surface area (Å²) in [5.41, 5.74) is 2.09. The fraction of sp³-hybridized carbons (Fsp3) is 0.769. The van der Waals surface area contributed by atoms with E-state index in [-0.39, 0.29) is 13.2 Å². The number of aryl methyl sites for hydroxylation is 2. The van der Waals surface area contributed by atoms with Crippen molar-refractivity contribution in [3.05, 3.63) is 11.4 Å². The van der Waals surface area contributed by atoms with Crippen LogP contribution in [-0.4, -0.2) is 51.0 Å². The van der Waals surface area contributed by atoms with Gasteiger partial charge in [-0.3, -0.25) is 4.52 Å². The van der Waals surface area contributed by atoms with Crippen LogP contribution in [0.2, 0.25) is 0 Å². The van der Waals surface area contributed by atoms with Crippen molar-refractivity contribution in [1.82, 2.24) is 20.7 Å². The summed E-state index contributed by atoms with van der Waals surface area (Å²) in [4.78, 5) is 28.6. The van der Waals surface area contributed by atoms with E-state index >= 15 is 0 Å². The predicted octanol–water partition coefficient (Wildman–Crippen LogP) is 0.381. The van der Waals surface area contributed by atoms with Crippen molar-refractivity contribution in [3.63, 3.8) is 0 Å². The van der Waals surface area contributed by atoms with Crippen molar-refractivity contribution >= 4 is 13.9 Å². The van der Waals surface area contributed by atoms with E-state index in [1.807, 2.05) is 0 Å². The Hall–Kier alpha value is -1.48. The van der Waals surface area contributed by atoms with E-state index in [0.29, 0.717) is 24.4 Å². The molecular weight excluding hydrogens is 339 g/mol. The van der Waals surface area contributed by atoms with Gasteiger partial charge in [0.2, 0.25) is 0 Å². The molecule has 1 unspecified atom stereocenters. The molecule has 1 saturated carbocycles. The smallest absolute Gasteiger partial charge is 0.449 e. The first-order valence-corrected chi connectivity index (χ1v) is 9.46. The molecule has 3 atom stereocenters. The standard InChI is InChI=1S/C13H21N4O6P/c18-13(14-5-6-23-24(19,20)21)22-7-10-8-1-3-11-12(16-17-15-11)4-2-9(8)10/h8-10H,1-7H2,(H,14,18)(H,15,16,17)(H2,19,20,21)/t8-,9+,10?. The SMILES string of the molecule is O=C(NCCOP(=O)(O)O)OCC1[C@H]2CCc3n[nH]nc3CC[C@@H]12. The fourth-order valence-corrected chi connectivity index (χ4v) is 3.78. The van der Waals surface area contributed by atoms with Crippen LogP contribution in [0.4, 0.5) is 4.79 Å². The van der Waals surface area contributed by atoms with Gasteiger partial charge in [-0.15, -0.1) is 0 Å². The van der Waals surface area contributed by atoms with Gasteiger partial charge < -0.3 is 19.8 Å². The molecule has 0 radical (unpaired) electrons. The maximum absolute atomic E-state index is 11.6. The number of H-pyrrole nitrogens is 1. The number of alkyl carbamates (subject to hydrolysis) is 1. The number of amides is 1. The summed E-state index contributed by atoms with van der Waals surface area (Å²) in [6.45, 7) is 0.0676. The number of aromatic nitrogens is 3. The number of ether oxygens (including phenoxy) is 1. The van der Waals surface area contributed by atoms with Crippen LogP contribution in [0.15, 0.2) is 0 Å². The average Bonchev–Trinajstić information content (AvgIpc) is 2.95. The van der Waals surface area contributed by atoms with Gasteiger partial charge in [-0.25, -0.2) is 9.36 Å². The Morgan fingerprint density at radius 2 is 1.88 bits per heavy atom. The Labute approximate surface area is 138 Å². The number of phosphoric acid groups is 1. The summed E-state index contributed by atoms with van der Waals surface area (Å²) in [6.07, 6.45) is 3.25. The molecule has 0 aliphatic heterocycles. The molecule has 3 rings (SSSR count). The third-order valence-corrected chi connectivity index (χ3v) is 5.20. The molecule has 2 aliphatic carbocycles. The Bertz CT molecular complexity index is 603. The zero-order valence-corrected chi connectivity index (χ0v) is 13.9. The molecule has 24 heavy (non-hydrogen) atoms. The molecular formula is C13H21N4O6P. The lowest BCUT2D eigenvalue weighted by molar-refractivity contribution is 0.133. The van der Waals surface area contributed by atoms with Crippen LogP contribution in [0.1, 0.15) is 24.2 Å². The van der Waals surface area contributed by atoms with Gasteiger partial charge in [0.05, 0.1) is 24.6 Å². The first-order chi connectivity index (χ1) is 11.4. The highest BCUT2D eigenvalue weighted by Gasteiger charge is 2.50. The van der Waals surface area contributed by atoms with Crippen LogP contribution in [0, 0.1) is 17.8 Å². The van der Waals surface area contributed by atoms with Gasteiger partial charge in [-0.1, -0.05) is 0 Å². The lowest BCUT2D eigenvalue weighted by Crippen LogP contribution is -2.28. The summed E-state index contributed by atoms with van der Waals surface area (Å²) in [5.74, 6) is 1.48. The second-order valence-electron chi connectivity index (χ2n) is 6.13. The van der Waals surface area contributed by atoms with Crippen LogP contribution in [0.25, 0.3) is 0 Å².